The highest BCUT2D eigenvalue weighted by atomic mass is 32.2. The van der Waals surface area contributed by atoms with Crippen LogP contribution in [0.5, 0.6) is 23.0 Å². The van der Waals surface area contributed by atoms with Crippen molar-refractivity contribution in [2.75, 3.05) is 13.1 Å². The van der Waals surface area contributed by atoms with E-state index in [1.807, 2.05) is 0 Å². The first-order valence-electron chi connectivity index (χ1n) is 18.6. The van der Waals surface area contributed by atoms with E-state index in [2.05, 4.69) is 26.0 Å². The Kier molecular flexibility index (Phi) is 16.8. The topological polar surface area (TPSA) is 274 Å². The van der Waals surface area contributed by atoms with Gasteiger partial charge in [-0.05, 0) is 122 Å². The SMILES string of the molecule is C=C/C(=C\C=C(/C)CNS(=O)(=O)c1ccc(Oc2c(F)cc(/C=C(\C)C(=O)N=C(N)N)cc2F)cc1)CNS(=O)(=O)c1ccc(Oc2c(F)cc(/C=C(\C)C(=O)N=C(N)N)cc2F)cc1. The molecule has 4 aromatic carbocycles. The number of carbonyl (C=O) groups is 2. The van der Waals surface area contributed by atoms with Crippen LogP contribution in [-0.2, 0) is 29.6 Å². The number of allylic oxidation sites excluding steroid dienone is 2. The molecule has 4 rings (SSSR count). The van der Waals surface area contributed by atoms with Gasteiger partial charge in [0.1, 0.15) is 11.5 Å². The van der Waals surface area contributed by atoms with Crippen LogP contribution in [0.15, 0.2) is 140 Å². The first-order valence-corrected chi connectivity index (χ1v) is 21.6. The lowest BCUT2D eigenvalue weighted by Crippen LogP contribution is -2.26. The molecule has 0 aliphatic carbocycles. The summed E-state index contributed by atoms with van der Waals surface area (Å²) in [5.74, 6) is -8.71. The summed E-state index contributed by atoms with van der Waals surface area (Å²) in [6.07, 6.45) is 6.78. The molecule has 0 aromatic heterocycles. The molecule has 22 heteroatoms. The smallest absolute Gasteiger partial charge is 0.275 e. The molecule has 0 aliphatic rings. The molecule has 2 amide bonds. The third-order valence-corrected chi connectivity index (χ3v) is 11.3. The summed E-state index contributed by atoms with van der Waals surface area (Å²) < 4.78 is 127. The molecule has 0 fully saturated rings. The van der Waals surface area contributed by atoms with Crippen molar-refractivity contribution in [3.8, 4) is 23.0 Å². The largest absolute Gasteiger partial charge is 0.451 e. The van der Waals surface area contributed by atoms with E-state index in [4.69, 9.17) is 32.4 Å². The maximum Gasteiger partial charge on any atom is 0.275 e. The fourth-order valence-electron chi connectivity index (χ4n) is 5.23. The van der Waals surface area contributed by atoms with Crippen LogP contribution in [0.25, 0.3) is 12.2 Å². The average Bonchev–Trinajstić information content (AvgIpc) is 3.22. The summed E-state index contributed by atoms with van der Waals surface area (Å²) in [6.45, 7) is 7.61. The zero-order chi connectivity index (χ0) is 48.2. The molecule has 0 radical (unpaired) electrons. The van der Waals surface area contributed by atoms with Crippen molar-refractivity contribution in [2.24, 2.45) is 32.9 Å². The normalized spacial score (nSPS) is 12.6. The summed E-state index contributed by atoms with van der Waals surface area (Å²) in [6, 6.07) is 13.1. The first-order chi connectivity index (χ1) is 30.5. The lowest BCUT2D eigenvalue weighted by molar-refractivity contribution is -0.115. The Labute approximate surface area is 371 Å². The summed E-state index contributed by atoms with van der Waals surface area (Å²) >= 11 is 0. The van der Waals surface area contributed by atoms with Crippen LogP contribution >= 0.6 is 0 Å². The molecule has 16 nitrogen and oxygen atoms in total. The van der Waals surface area contributed by atoms with Crippen LogP contribution < -0.4 is 41.9 Å². The Morgan fingerprint density at radius 2 is 0.969 bits per heavy atom. The zero-order valence-corrected chi connectivity index (χ0v) is 36.4. The van der Waals surface area contributed by atoms with Crippen LogP contribution in [0.4, 0.5) is 17.6 Å². The number of benzene rings is 4. The highest BCUT2D eigenvalue weighted by Gasteiger charge is 2.19. The van der Waals surface area contributed by atoms with Crippen molar-refractivity contribution in [3.63, 3.8) is 0 Å². The molecule has 0 heterocycles. The molecule has 65 heavy (non-hydrogen) atoms. The molecular formula is C43H42F4N8O8S2. The number of aliphatic imine (C=N–C) groups is 2. The van der Waals surface area contributed by atoms with Crippen molar-refractivity contribution in [2.45, 2.75) is 30.6 Å². The molecular weight excluding hydrogens is 897 g/mol. The number of rotatable bonds is 18. The predicted molar refractivity (Wildman–Crippen MR) is 237 cm³/mol. The van der Waals surface area contributed by atoms with Gasteiger partial charge in [-0.1, -0.05) is 30.4 Å². The van der Waals surface area contributed by atoms with Gasteiger partial charge in [0.15, 0.2) is 46.7 Å². The van der Waals surface area contributed by atoms with Crippen molar-refractivity contribution in [1.29, 1.82) is 0 Å². The lowest BCUT2D eigenvalue weighted by atomic mass is 10.1. The molecule has 4 aromatic rings. The minimum Gasteiger partial charge on any atom is -0.451 e. The first kappa shape index (κ1) is 50.2. The van der Waals surface area contributed by atoms with Crippen molar-refractivity contribution in [3.05, 3.63) is 154 Å². The van der Waals surface area contributed by atoms with Gasteiger partial charge in [-0.25, -0.2) is 43.8 Å². The number of nitrogens with two attached hydrogens (primary N) is 4. The van der Waals surface area contributed by atoms with E-state index in [1.165, 1.54) is 62.4 Å². The number of guanidine groups is 2. The number of hydrogen-bond donors (Lipinski definition) is 6. The maximum atomic E-state index is 14.8. The van der Waals surface area contributed by atoms with Gasteiger partial charge in [-0.3, -0.25) is 9.59 Å². The number of nitrogens with zero attached hydrogens (tertiary/aromatic N) is 2. The lowest BCUT2D eigenvalue weighted by Gasteiger charge is -2.11. The van der Waals surface area contributed by atoms with Crippen LogP contribution in [0.2, 0.25) is 0 Å². The Morgan fingerprint density at radius 1 is 0.615 bits per heavy atom. The molecule has 0 unspecified atom stereocenters. The summed E-state index contributed by atoms with van der Waals surface area (Å²) in [5, 5.41) is 0. The fourth-order valence-corrected chi connectivity index (χ4v) is 7.32. The molecule has 0 atom stereocenters. The van der Waals surface area contributed by atoms with Crippen molar-refractivity contribution < 1.29 is 53.5 Å². The minimum absolute atomic E-state index is 0.00251. The van der Waals surface area contributed by atoms with E-state index in [1.54, 1.807) is 13.0 Å². The Hall–Kier alpha value is -7.40. The van der Waals surface area contributed by atoms with Gasteiger partial charge in [0.05, 0.1) is 9.79 Å². The van der Waals surface area contributed by atoms with E-state index < -0.39 is 78.5 Å². The molecule has 0 aliphatic heterocycles. The van der Waals surface area contributed by atoms with E-state index in [0.29, 0.717) is 11.1 Å². The molecule has 0 spiro atoms. The van der Waals surface area contributed by atoms with Gasteiger partial charge >= 0.3 is 0 Å². The maximum absolute atomic E-state index is 14.8. The summed E-state index contributed by atoms with van der Waals surface area (Å²) in [4.78, 5) is 30.2. The van der Waals surface area contributed by atoms with Gasteiger partial charge in [-0.15, -0.1) is 0 Å². The van der Waals surface area contributed by atoms with Crippen molar-refractivity contribution >= 4 is 55.9 Å². The second-order valence-corrected chi connectivity index (χ2v) is 17.3. The third-order valence-electron chi connectivity index (χ3n) is 8.50. The quantitative estimate of drug-likeness (QED) is 0.0236. The number of carbonyl (C=O) groups excluding carboxylic acids is 2. The van der Waals surface area contributed by atoms with Gasteiger partial charge in [0.2, 0.25) is 20.0 Å². The number of nitrogens with one attached hydrogen (secondary N) is 2. The highest BCUT2D eigenvalue weighted by molar-refractivity contribution is 7.89. The van der Waals surface area contributed by atoms with E-state index >= 15 is 0 Å². The minimum atomic E-state index is -4.12. The van der Waals surface area contributed by atoms with Crippen LogP contribution in [0.3, 0.4) is 0 Å². The van der Waals surface area contributed by atoms with Crippen LogP contribution in [0.1, 0.15) is 31.9 Å². The number of halogens is 4. The van der Waals surface area contributed by atoms with Crippen LogP contribution in [0, 0.1) is 23.3 Å². The van der Waals surface area contributed by atoms with Crippen LogP contribution in [-0.4, -0.2) is 53.7 Å². The summed E-state index contributed by atoms with van der Waals surface area (Å²) in [7, 11) is -8.21. The standard InChI is InChI=1S/C43H42F4N8O8S2/c1-5-27(23-53-65(60,61)33-14-10-31(11-15-33)63-39-36(46)20-29(21-37(39)47)17-26(4)41(57)55-43(50)51)7-6-24(2)22-52-64(58,59)32-12-8-30(9-13-32)62-38-34(44)18-28(19-35(38)45)16-25(3)40(56)54-42(48)49/h5-21,52-53H,1,22-23H2,2-4H3,(H4,48,49,54,56)(H4,50,51,55,57)/b24-6+,25-16+,26-17+,27-7+. The fraction of sp³-hybridized carbons (Fsp3) is 0.116. The van der Waals surface area contributed by atoms with E-state index in [-0.39, 0.29) is 56.7 Å². The molecule has 0 saturated carbocycles. The Morgan fingerprint density at radius 3 is 1.31 bits per heavy atom. The summed E-state index contributed by atoms with van der Waals surface area (Å²) in [5.41, 5.74) is 21.6. The van der Waals surface area contributed by atoms with E-state index in [0.717, 1.165) is 48.5 Å². The monoisotopic (exact) mass is 938 g/mol. The second kappa shape index (κ2) is 21.8. The molecule has 0 bridgehead atoms. The predicted octanol–water partition coefficient (Wildman–Crippen LogP) is 5.55. The zero-order valence-electron chi connectivity index (χ0n) is 34.7. The average molecular weight is 939 g/mol. The third kappa shape index (κ3) is 14.6. The van der Waals surface area contributed by atoms with Gasteiger partial charge in [0.25, 0.3) is 11.8 Å². The number of sulfonamides is 2. The number of hydrogen-bond acceptors (Lipinski definition) is 8. The number of ether oxygens (including phenoxy) is 2. The van der Waals surface area contributed by atoms with Crippen molar-refractivity contribution in [1.82, 2.24) is 9.44 Å². The Balaban J connectivity index is 1.33. The Bertz CT molecular complexity index is 2860. The molecule has 0 saturated heterocycles. The molecule has 342 valence electrons. The highest BCUT2D eigenvalue weighted by Crippen LogP contribution is 2.32. The number of amides is 2. The van der Waals surface area contributed by atoms with Gasteiger partial charge < -0.3 is 32.4 Å². The van der Waals surface area contributed by atoms with Gasteiger partial charge in [-0.2, -0.15) is 9.98 Å². The van der Waals surface area contributed by atoms with Gasteiger partial charge in [0, 0.05) is 24.2 Å². The van der Waals surface area contributed by atoms with E-state index in [9.17, 15) is 44.0 Å². The molecule has 10 N–H and O–H groups in total. The second-order valence-electron chi connectivity index (χ2n) is 13.7.